The van der Waals surface area contributed by atoms with Crippen molar-refractivity contribution in [2.24, 2.45) is 0 Å². The zero-order valence-corrected chi connectivity index (χ0v) is 17.4. The number of pyridine rings is 1. The Kier molecular flexibility index (Phi) is 5.11. The van der Waals surface area contributed by atoms with E-state index in [0.29, 0.717) is 23.4 Å². The summed E-state index contributed by atoms with van der Waals surface area (Å²) in [6.45, 7) is 7.01. The minimum absolute atomic E-state index is 0.113. The number of aromatic nitrogens is 1. The fourth-order valence-corrected chi connectivity index (χ4v) is 4.61. The number of nitrogens with zero attached hydrogens (tertiary/aromatic N) is 1. The van der Waals surface area contributed by atoms with E-state index in [9.17, 15) is 9.59 Å². The molecular formula is C23H22N2O3S. The lowest BCUT2D eigenvalue weighted by Crippen LogP contribution is -2.29. The van der Waals surface area contributed by atoms with Crippen LogP contribution >= 0.6 is 11.3 Å². The van der Waals surface area contributed by atoms with Gasteiger partial charge in [-0.15, -0.1) is 11.3 Å². The number of hydrogen-bond donors (Lipinski definition) is 1. The Morgan fingerprint density at radius 3 is 2.52 bits per heavy atom. The lowest BCUT2D eigenvalue weighted by Gasteiger charge is -2.20. The number of carbonyl (C=O) groups excluding carboxylic acids is 1. The molecule has 148 valence electrons. The Bertz CT molecular complexity index is 1260. The summed E-state index contributed by atoms with van der Waals surface area (Å²) < 4.78 is 6.33. The molecule has 29 heavy (non-hydrogen) atoms. The molecule has 0 atom stereocenters. The van der Waals surface area contributed by atoms with E-state index in [0.717, 1.165) is 32.6 Å². The van der Waals surface area contributed by atoms with Crippen LogP contribution in [0.15, 0.2) is 53.3 Å². The Labute approximate surface area is 172 Å². The summed E-state index contributed by atoms with van der Waals surface area (Å²) in [5.41, 5.74) is 2.52. The summed E-state index contributed by atoms with van der Waals surface area (Å²) in [7, 11) is 0. The van der Waals surface area contributed by atoms with Gasteiger partial charge in [0.15, 0.2) is 0 Å². The van der Waals surface area contributed by atoms with Gasteiger partial charge in [-0.2, -0.15) is 0 Å². The normalized spacial score (nSPS) is 11.1. The smallest absolute Gasteiger partial charge is 0.268 e. The van der Waals surface area contributed by atoms with Gasteiger partial charge in [0.2, 0.25) is 0 Å². The lowest BCUT2D eigenvalue weighted by atomic mass is 10.1. The van der Waals surface area contributed by atoms with Gasteiger partial charge in [-0.1, -0.05) is 11.6 Å². The molecule has 0 saturated heterocycles. The van der Waals surface area contributed by atoms with Crippen molar-refractivity contribution in [2.75, 3.05) is 18.1 Å². The van der Waals surface area contributed by atoms with Crippen LogP contribution in [-0.4, -0.2) is 24.0 Å². The molecule has 0 unspecified atom stereocenters. The Morgan fingerprint density at radius 2 is 1.83 bits per heavy atom. The van der Waals surface area contributed by atoms with E-state index < -0.39 is 0 Å². The largest absolute Gasteiger partial charge is 0.494 e. The topological polar surface area (TPSA) is 62.4 Å². The van der Waals surface area contributed by atoms with Crippen molar-refractivity contribution in [2.45, 2.75) is 20.8 Å². The van der Waals surface area contributed by atoms with Crippen LogP contribution in [-0.2, 0) is 0 Å². The highest BCUT2D eigenvalue weighted by Crippen LogP contribution is 2.32. The van der Waals surface area contributed by atoms with Crippen molar-refractivity contribution < 1.29 is 9.53 Å². The number of ether oxygens (including phenoxy) is 1. The molecule has 2 heterocycles. The molecule has 0 aliphatic carbocycles. The van der Waals surface area contributed by atoms with Crippen LogP contribution in [0.1, 0.15) is 29.1 Å². The van der Waals surface area contributed by atoms with Gasteiger partial charge in [0.05, 0.1) is 16.9 Å². The van der Waals surface area contributed by atoms with Crippen LogP contribution in [0, 0.1) is 6.92 Å². The van der Waals surface area contributed by atoms with Crippen LogP contribution in [0.5, 0.6) is 5.75 Å². The average Bonchev–Trinajstić information content (AvgIpc) is 3.17. The van der Waals surface area contributed by atoms with Crippen LogP contribution in [0.3, 0.4) is 0 Å². The fourth-order valence-electron chi connectivity index (χ4n) is 3.48. The van der Waals surface area contributed by atoms with Gasteiger partial charge in [-0.25, -0.2) is 0 Å². The van der Waals surface area contributed by atoms with Gasteiger partial charge in [0, 0.05) is 27.8 Å². The highest BCUT2D eigenvalue weighted by molar-refractivity contribution is 7.21. The van der Waals surface area contributed by atoms with Crippen molar-refractivity contribution in [1.82, 2.24) is 4.98 Å². The molecule has 0 spiro atoms. The Morgan fingerprint density at radius 1 is 1.07 bits per heavy atom. The number of thiophene rings is 1. The second-order valence-electron chi connectivity index (χ2n) is 6.83. The van der Waals surface area contributed by atoms with Crippen molar-refractivity contribution >= 4 is 43.9 Å². The molecule has 6 heteroatoms. The molecule has 1 N–H and O–H groups in total. The zero-order valence-electron chi connectivity index (χ0n) is 16.6. The molecule has 0 fully saturated rings. The predicted octanol–water partition coefficient (Wildman–Crippen LogP) is 5.12. The monoisotopic (exact) mass is 406 g/mol. The molecule has 2 aromatic heterocycles. The van der Waals surface area contributed by atoms with Crippen molar-refractivity contribution in [3.8, 4) is 5.75 Å². The molecule has 0 radical (unpaired) electrons. The van der Waals surface area contributed by atoms with E-state index >= 15 is 0 Å². The van der Waals surface area contributed by atoms with Crippen LogP contribution < -0.4 is 15.2 Å². The summed E-state index contributed by atoms with van der Waals surface area (Å²) in [6.07, 6.45) is 0. The van der Waals surface area contributed by atoms with Crippen LogP contribution in [0.2, 0.25) is 0 Å². The predicted molar refractivity (Wildman–Crippen MR) is 120 cm³/mol. The molecule has 0 aliphatic rings. The number of anilines is 1. The molecule has 1 amide bonds. The molecule has 4 aromatic rings. The maximum absolute atomic E-state index is 13.3. The minimum Gasteiger partial charge on any atom is -0.494 e. The summed E-state index contributed by atoms with van der Waals surface area (Å²) in [6, 6.07) is 15.1. The first-order valence-corrected chi connectivity index (χ1v) is 10.4. The molecule has 4 rings (SSSR count). The SMILES string of the molecule is CCOc1ccc(N(CC)C(=O)c2cc3c(=O)[nH]c4ccc(C)cc4c3s2)cc1. The maximum Gasteiger partial charge on any atom is 0.268 e. The standard InChI is InChI=1S/C23H22N2O3S/c1-4-25(15-7-9-16(10-8-15)28-5-2)23(27)20-13-18-21(29-20)17-12-14(3)6-11-19(17)24-22(18)26/h6-13H,4-5H2,1-3H3,(H,24,26). The number of aryl methyl sites for hydroxylation is 1. The van der Waals surface area contributed by atoms with Gasteiger partial charge >= 0.3 is 0 Å². The quantitative estimate of drug-likeness (QED) is 0.501. The van der Waals surface area contributed by atoms with Crippen molar-refractivity contribution in [3.05, 3.63) is 69.3 Å². The second kappa shape index (κ2) is 7.72. The molecule has 5 nitrogen and oxygen atoms in total. The van der Waals surface area contributed by atoms with Crippen molar-refractivity contribution in [3.63, 3.8) is 0 Å². The Balaban J connectivity index is 1.77. The van der Waals surface area contributed by atoms with E-state index in [1.807, 2.05) is 63.2 Å². The van der Waals surface area contributed by atoms with Gasteiger partial charge < -0.3 is 14.6 Å². The number of benzene rings is 2. The highest BCUT2D eigenvalue weighted by Gasteiger charge is 2.20. The first-order chi connectivity index (χ1) is 14.0. The minimum atomic E-state index is -0.171. The second-order valence-corrected chi connectivity index (χ2v) is 7.89. The molecule has 0 aliphatic heterocycles. The number of rotatable bonds is 5. The Hall–Kier alpha value is -3.12. The number of fused-ring (bicyclic) bond motifs is 3. The summed E-state index contributed by atoms with van der Waals surface area (Å²) in [4.78, 5) is 31.0. The molecule has 0 bridgehead atoms. The van der Waals surface area contributed by atoms with Crippen LogP contribution in [0.4, 0.5) is 5.69 Å². The summed E-state index contributed by atoms with van der Waals surface area (Å²) >= 11 is 1.37. The number of aromatic amines is 1. The van der Waals surface area contributed by atoms with Gasteiger partial charge in [-0.05, 0) is 63.2 Å². The van der Waals surface area contributed by atoms with Gasteiger partial charge in [0.25, 0.3) is 11.5 Å². The van der Waals surface area contributed by atoms with E-state index in [-0.39, 0.29) is 11.5 Å². The van der Waals surface area contributed by atoms with Crippen molar-refractivity contribution in [1.29, 1.82) is 0 Å². The first kappa shape index (κ1) is 19.2. The third-order valence-electron chi connectivity index (χ3n) is 4.88. The highest BCUT2D eigenvalue weighted by atomic mass is 32.1. The van der Waals surface area contributed by atoms with Crippen LogP contribution in [0.25, 0.3) is 21.0 Å². The van der Waals surface area contributed by atoms with E-state index in [2.05, 4.69) is 4.98 Å². The maximum atomic E-state index is 13.3. The van der Waals surface area contributed by atoms with E-state index in [1.54, 1.807) is 11.0 Å². The van der Waals surface area contributed by atoms with E-state index in [4.69, 9.17) is 4.74 Å². The molecule has 2 aromatic carbocycles. The first-order valence-electron chi connectivity index (χ1n) is 9.62. The van der Waals surface area contributed by atoms with E-state index in [1.165, 1.54) is 11.3 Å². The average molecular weight is 407 g/mol. The molecule has 0 saturated carbocycles. The third kappa shape index (κ3) is 3.51. The zero-order chi connectivity index (χ0) is 20.5. The van der Waals surface area contributed by atoms with Gasteiger partial charge in [0.1, 0.15) is 5.75 Å². The number of carbonyl (C=O) groups is 1. The molecular weight excluding hydrogens is 384 g/mol. The van der Waals surface area contributed by atoms with Gasteiger partial charge in [-0.3, -0.25) is 9.59 Å². The fraction of sp³-hybridized carbons (Fsp3) is 0.217. The number of hydrogen-bond acceptors (Lipinski definition) is 4. The number of amides is 1. The number of H-pyrrole nitrogens is 1. The summed E-state index contributed by atoms with van der Waals surface area (Å²) in [5, 5.41) is 1.52. The lowest BCUT2D eigenvalue weighted by molar-refractivity contribution is 0.0992. The third-order valence-corrected chi connectivity index (χ3v) is 6.03. The number of nitrogens with one attached hydrogen (secondary N) is 1. The summed E-state index contributed by atoms with van der Waals surface area (Å²) in [5.74, 6) is 0.660.